The smallest absolute Gasteiger partial charge is 0.428 e. The first kappa shape index (κ1) is 37.4. The molecule has 0 spiro atoms. The third-order valence-corrected chi connectivity index (χ3v) is 9.05. The highest BCUT2D eigenvalue weighted by molar-refractivity contribution is 5.69. The number of piperidine rings is 1. The third-order valence-electron chi connectivity index (χ3n) is 9.05. The van der Waals surface area contributed by atoms with E-state index >= 15 is 0 Å². The number of likely N-dealkylation sites (N-methyl/N-ethyl adjacent to an activating group) is 1. The normalized spacial score (nSPS) is 14.8. The minimum Gasteiger partial charge on any atom is -0.428 e. The monoisotopic (exact) mass is 689 g/mol. The average molecular weight is 690 g/mol. The van der Waals surface area contributed by atoms with Gasteiger partial charge in [0.25, 0.3) is 11.4 Å². The van der Waals surface area contributed by atoms with E-state index in [0.717, 1.165) is 66.6 Å². The Morgan fingerprint density at radius 2 is 1.34 bits per heavy atom. The van der Waals surface area contributed by atoms with E-state index in [9.17, 15) is 29.8 Å². The van der Waals surface area contributed by atoms with E-state index < -0.39 is 28.8 Å². The lowest BCUT2D eigenvalue weighted by molar-refractivity contribution is -0.945. The molecular weight excluding hydrogens is 646 g/mol. The largest absolute Gasteiger partial charge is 0.511 e. The van der Waals surface area contributed by atoms with Gasteiger partial charge in [0.15, 0.2) is 0 Å². The lowest BCUT2D eigenvalue weighted by Gasteiger charge is -2.41. The Morgan fingerprint density at radius 1 is 0.800 bits per heavy atom. The van der Waals surface area contributed by atoms with Gasteiger partial charge in [-0.1, -0.05) is 12.1 Å². The minimum atomic E-state index is -0.973. The van der Waals surface area contributed by atoms with E-state index in [1.54, 1.807) is 36.4 Å². The van der Waals surface area contributed by atoms with Crippen molar-refractivity contribution < 1.29 is 42.6 Å². The average Bonchev–Trinajstić information content (AvgIpc) is 3.09. The first-order valence-corrected chi connectivity index (χ1v) is 16.6. The number of hydrogen-bond donors (Lipinski definition) is 0. The Labute approximate surface area is 290 Å². The molecule has 14 heteroatoms. The maximum atomic E-state index is 12.4. The van der Waals surface area contributed by atoms with Crippen LogP contribution < -0.4 is 0 Å². The summed E-state index contributed by atoms with van der Waals surface area (Å²) >= 11 is 0. The lowest BCUT2D eigenvalue weighted by atomic mass is 10.0. The number of nitriles is 1. The molecule has 3 aromatic carbocycles. The van der Waals surface area contributed by atoms with Crippen molar-refractivity contribution in [3.05, 3.63) is 115 Å². The second-order valence-electron chi connectivity index (χ2n) is 13.0. The van der Waals surface area contributed by atoms with E-state index in [1.165, 1.54) is 24.3 Å². The molecule has 3 aromatic rings. The van der Waals surface area contributed by atoms with Gasteiger partial charge in [0.1, 0.15) is 32.8 Å². The van der Waals surface area contributed by atoms with Crippen LogP contribution in [0.15, 0.2) is 72.8 Å². The van der Waals surface area contributed by atoms with Crippen molar-refractivity contribution >= 4 is 23.5 Å². The predicted octanol–water partition coefficient (Wildman–Crippen LogP) is 6.16. The standard InChI is InChI=1S/C36H43N5O9/c1-40(25-30-9-7-29(24-37)8-10-30,26-31-11-15-33(16-12-31)38(44)45)22-23-48-36(43)50-28-49-35(42)6-5-21-41(19-3-2-4-20-41)27-32-13-17-34(18-14-32)39(46)47/h7-18H,2-6,19-23,25-28H2,1H3/q+2. The van der Waals surface area contributed by atoms with Crippen molar-refractivity contribution in [2.24, 2.45) is 0 Å². The first-order valence-electron chi connectivity index (χ1n) is 16.6. The summed E-state index contributed by atoms with van der Waals surface area (Å²) in [5.41, 5.74) is 3.44. The lowest BCUT2D eigenvalue weighted by Crippen LogP contribution is -2.51. The van der Waals surface area contributed by atoms with Crippen molar-refractivity contribution in [1.82, 2.24) is 0 Å². The van der Waals surface area contributed by atoms with Crippen molar-refractivity contribution in [3.63, 3.8) is 0 Å². The predicted molar refractivity (Wildman–Crippen MR) is 181 cm³/mol. The van der Waals surface area contributed by atoms with Crippen molar-refractivity contribution in [3.8, 4) is 6.07 Å². The molecule has 1 atom stereocenters. The molecule has 1 saturated heterocycles. The van der Waals surface area contributed by atoms with Crippen LogP contribution in [0.4, 0.5) is 16.2 Å². The number of benzene rings is 3. The van der Waals surface area contributed by atoms with Crippen LogP contribution in [-0.4, -0.2) is 77.6 Å². The summed E-state index contributed by atoms with van der Waals surface area (Å²) in [4.78, 5) is 46.0. The topological polar surface area (TPSA) is 172 Å². The van der Waals surface area contributed by atoms with Gasteiger partial charge in [0, 0.05) is 47.4 Å². The van der Waals surface area contributed by atoms with Crippen LogP contribution in [0.2, 0.25) is 0 Å². The summed E-state index contributed by atoms with van der Waals surface area (Å²) < 4.78 is 16.6. The molecule has 0 amide bonds. The number of rotatable bonds is 17. The second kappa shape index (κ2) is 17.8. The minimum absolute atomic E-state index is 0.00129. The molecule has 50 heavy (non-hydrogen) atoms. The highest BCUT2D eigenvalue weighted by atomic mass is 16.8. The third kappa shape index (κ3) is 11.6. The van der Waals surface area contributed by atoms with Gasteiger partial charge in [-0.3, -0.25) is 25.0 Å². The summed E-state index contributed by atoms with van der Waals surface area (Å²) in [6, 6.07) is 22.2. The zero-order valence-corrected chi connectivity index (χ0v) is 28.2. The molecule has 0 N–H and O–H groups in total. The van der Waals surface area contributed by atoms with Gasteiger partial charge in [0.2, 0.25) is 6.79 Å². The van der Waals surface area contributed by atoms with E-state index in [-0.39, 0.29) is 24.4 Å². The molecule has 0 aliphatic carbocycles. The highest BCUT2D eigenvalue weighted by Crippen LogP contribution is 2.25. The van der Waals surface area contributed by atoms with Gasteiger partial charge in [-0.15, -0.1) is 0 Å². The number of nitro benzene ring substituents is 2. The summed E-state index contributed by atoms with van der Waals surface area (Å²) in [6.45, 7) is 4.28. The fourth-order valence-corrected chi connectivity index (χ4v) is 6.42. The molecule has 1 heterocycles. The second-order valence-corrected chi connectivity index (χ2v) is 13.0. The number of hydrogen-bond acceptors (Lipinski definition) is 10. The Kier molecular flexibility index (Phi) is 13.4. The van der Waals surface area contributed by atoms with Gasteiger partial charge in [-0.05, 0) is 55.7 Å². The Morgan fingerprint density at radius 3 is 1.88 bits per heavy atom. The number of nitro groups is 2. The van der Waals surface area contributed by atoms with Crippen LogP contribution in [0.3, 0.4) is 0 Å². The number of esters is 1. The maximum absolute atomic E-state index is 12.4. The molecule has 264 valence electrons. The van der Waals surface area contributed by atoms with Gasteiger partial charge in [0.05, 0.1) is 54.6 Å². The quantitative estimate of drug-likeness (QED) is 0.0526. The molecular formula is C36H43N5O9+2. The van der Waals surface area contributed by atoms with Crippen molar-refractivity contribution in [2.45, 2.75) is 51.7 Å². The first-order chi connectivity index (χ1) is 24.0. The van der Waals surface area contributed by atoms with Crippen LogP contribution in [0.5, 0.6) is 0 Å². The number of non-ortho nitro benzene ring substituents is 2. The molecule has 0 aromatic heterocycles. The summed E-state index contributed by atoms with van der Waals surface area (Å²) in [5.74, 6) is -0.488. The SMILES string of the molecule is C[N+](CCOC(=O)OCOC(=O)CCC[N+]1(Cc2ccc([N+](=O)[O-])cc2)CCCCC1)(Cc1ccc(C#N)cc1)Cc1ccc([N+](=O)[O-])cc1. The fourth-order valence-electron chi connectivity index (χ4n) is 6.42. The molecule has 1 fully saturated rings. The number of carbonyl (C=O) groups excluding carboxylic acids is 2. The van der Waals surface area contributed by atoms with Gasteiger partial charge in [-0.2, -0.15) is 5.26 Å². The molecule has 0 saturated carbocycles. The summed E-state index contributed by atoms with van der Waals surface area (Å²) in [6.07, 6.45) is 3.09. The number of nitrogens with zero attached hydrogens (tertiary/aromatic N) is 5. The molecule has 1 aliphatic heterocycles. The van der Waals surface area contributed by atoms with Crippen LogP contribution in [0, 0.1) is 31.6 Å². The number of quaternary nitrogens is 2. The zero-order chi connectivity index (χ0) is 36.0. The summed E-state index contributed by atoms with van der Waals surface area (Å²) in [5, 5.41) is 31.2. The Balaban J connectivity index is 1.21. The van der Waals surface area contributed by atoms with Crippen LogP contribution >= 0.6 is 0 Å². The van der Waals surface area contributed by atoms with Crippen molar-refractivity contribution in [1.29, 1.82) is 5.26 Å². The van der Waals surface area contributed by atoms with Crippen LogP contribution in [0.1, 0.15) is 54.4 Å². The van der Waals surface area contributed by atoms with Crippen LogP contribution in [0.25, 0.3) is 0 Å². The molecule has 0 radical (unpaired) electrons. The van der Waals surface area contributed by atoms with Gasteiger partial charge in [-0.25, -0.2) is 4.79 Å². The molecule has 0 bridgehead atoms. The summed E-state index contributed by atoms with van der Waals surface area (Å²) in [7, 11) is 1.97. The molecule has 14 nitrogen and oxygen atoms in total. The highest BCUT2D eigenvalue weighted by Gasteiger charge is 2.30. The van der Waals surface area contributed by atoms with E-state index in [4.69, 9.17) is 19.5 Å². The molecule has 4 rings (SSSR count). The molecule has 1 aliphatic rings. The van der Waals surface area contributed by atoms with Gasteiger partial charge >= 0.3 is 12.1 Å². The van der Waals surface area contributed by atoms with E-state index in [2.05, 4.69) is 6.07 Å². The Bertz CT molecular complexity index is 1650. The fraction of sp³-hybridized carbons (Fsp3) is 0.417. The molecule has 1 unspecified atom stereocenters. The van der Waals surface area contributed by atoms with Gasteiger partial charge < -0.3 is 23.2 Å². The number of carbonyl (C=O) groups is 2. The Hall–Kier alpha value is -5.39. The number of ether oxygens (including phenoxy) is 3. The zero-order valence-electron chi connectivity index (χ0n) is 28.2. The van der Waals surface area contributed by atoms with Crippen molar-refractivity contribution in [2.75, 3.05) is 46.6 Å². The number of likely N-dealkylation sites (tertiary alicyclic amines) is 1. The van der Waals surface area contributed by atoms with Crippen LogP contribution in [-0.2, 0) is 38.6 Å². The maximum Gasteiger partial charge on any atom is 0.511 e. The van der Waals surface area contributed by atoms with E-state index in [0.29, 0.717) is 36.1 Å². The van der Waals surface area contributed by atoms with E-state index in [1.807, 2.05) is 19.2 Å².